The van der Waals surface area contributed by atoms with E-state index in [-0.39, 0.29) is 18.3 Å². The fourth-order valence-corrected chi connectivity index (χ4v) is 4.36. The summed E-state index contributed by atoms with van der Waals surface area (Å²) < 4.78 is 44.6. The van der Waals surface area contributed by atoms with Crippen LogP contribution in [0.4, 0.5) is 23.7 Å². The van der Waals surface area contributed by atoms with E-state index in [4.69, 9.17) is 4.74 Å². The lowest BCUT2D eigenvalue weighted by atomic mass is 9.95. The van der Waals surface area contributed by atoms with Crippen LogP contribution in [0, 0.1) is 0 Å². The van der Waals surface area contributed by atoms with Gasteiger partial charge in [-0.3, -0.25) is 9.80 Å². The molecule has 2 unspecified atom stereocenters. The van der Waals surface area contributed by atoms with Gasteiger partial charge in [-0.2, -0.15) is 13.2 Å². The molecule has 2 aliphatic heterocycles. The van der Waals surface area contributed by atoms with Crippen molar-refractivity contribution in [2.75, 3.05) is 24.5 Å². The Bertz CT molecular complexity index is 872. The fourth-order valence-electron chi connectivity index (χ4n) is 4.36. The summed E-state index contributed by atoms with van der Waals surface area (Å²) in [6.45, 7) is 1.79. The number of hydrogen-bond acceptors (Lipinski definition) is 3. The number of carbonyl (C=O) groups excluding carboxylic acids is 1. The van der Waals surface area contributed by atoms with Crippen LogP contribution < -0.4 is 4.90 Å². The van der Waals surface area contributed by atoms with Crippen LogP contribution in [0.2, 0.25) is 0 Å². The van der Waals surface area contributed by atoms with Crippen molar-refractivity contribution in [1.29, 1.82) is 0 Å². The van der Waals surface area contributed by atoms with Crippen molar-refractivity contribution in [3.8, 4) is 0 Å². The maximum Gasteiger partial charge on any atom is 0.416 e. The summed E-state index contributed by atoms with van der Waals surface area (Å²) in [5.74, 6) is 0. The maximum absolute atomic E-state index is 13.0. The highest BCUT2D eigenvalue weighted by atomic mass is 19.4. The summed E-state index contributed by atoms with van der Waals surface area (Å²) in [6.07, 6.45) is -1.08. The van der Waals surface area contributed by atoms with Crippen LogP contribution in [0.1, 0.15) is 30.4 Å². The average Bonchev–Trinajstić information content (AvgIpc) is 3.10. The Morgan fingerprint density at radius 2 is 1.83 bits per heavy atom. The topological polar surface area (TPSA) is 32.8 Å². The highest BCUT2D eigenvalue weighted by molar-refractivity contribution is 5.89. The van der Waals surface area contributed by atoms with E-state index in [9.17, 15) is 18.0 Å². The quantitative estimate of drug-likeness (QED) is 0.675. The molecule has 2 atom stereocenters. The van der Waals surface area contributed by atoms with Gasteiger partial charge in [0.05, 0.1) is 12.1 Å². The Morgan fingerprint density at radius 1 is 1.03 bits per heavy atom. The third kappa shape index (κ3) is 4.78. The molecule has 2 heterocycles. The van der Waals surface area contributed by atoms with E-state index in [1.54, 1.807) is 0 Å². The number of piperidine rings is 1. The number of halogens is 3. The summed E-state index contributed by atoms with van der Waals surface area (Å²) in [4.78, 5) is 16.0. The van der Waals surface area contributed by atoms with Gasteiger partial charge in [-0.15, -0.1) is 0 Å². The molecule has 0 N–H and O–H groups in total. The maximum atomic E-state index is 13.0. The van der Waals surface area contributed by atoms with E-state index in [0.29, 0.717) is 12.6 Å². The Morgan fingerprint density at radius 3 is 2.60 bits per heavy atom. The van der Waals surface area contributed by atoms with E-state index in [1.807, 2.05) is 18.2 Å². The monoisotopic (exact) mass is 418 g/mol. The second-order valence-electron chi connectivity index (χ2n) is 8.00. The van der Waals surface area contributed by atoms with Crippen molar-refractivity contribution < 1.29 is 22.7 Å². The van der Waals surface area contributed by atoms with Gasteiger partial charge in [0.1, 0.15) is 6.10 Å². The van der Waals surface area contributed by atoms with Gasteiger partial charge in [0.25, 0.3) is 0 Å². The Hall–Kier alpha value is -2.54. The lowest BCUT2D eigenvalue weighted by molar-refractivity contribution is -0.137. The Balaban J connectivity index is 1.42. The van der Waals surface area contributed by atoms with E-state index in [1.165, 1.54) is 29.0 Å². The van der Waals surface area contributed by atoms with Crippen molar-refractivity contribution in [2.45, 2.75) is 44.0 Å². The zero-order valence-electron chi connectivity index (χ0n) is 16.6. The summed E-state index contributed by atoms with van der Waals surface area (Å²) in [6, 6.07) is 15.5. The van der Waals surface area contributed by atoms with Gasteiger partial charge in [0, 0.05) is 18.3 Å². The molecule has 0 spiro atoms. The molecule has 30 heavy (non-hydrogen) atoms. The number of carbonyl (C=O) groups is 1. The first-order chi connectivity index (χ1) is 14.4. The highest BCUT2D eigenvalue weighted by Crippen LogP contribution is 2.33. The molecule has 2 aromatic carbocycles. The number of cyclic esters (lactones) is 1. The number of amides is 1. The number of ether oxygens (including phenoxy) is 1. The smallest absolute Gasteiger partial charge is 0.416 e. The van der Waals surface area contributed by atoms with Crippen molar-refractivity contribution in [3.05, 3.63) is 65.7 Å². The minimum atomic E-state index is -4.45. The van der Waals surface area contributed by atoms with Crippen LogP contribution in [0.25, 0.3) is 0 Å². The molecule has 160 valence electrons. The number of hydrogen-bond donors (Lipinski definition) is 0. The highest BCUT2D eigenvalue weighted by Gasteiger charge is 2.37. The molecule has 2 saturated heterocycles. The molecule has 1 amide bonds. The van der Waals surface area contributed by atoms with Crippen molar-refractivity contribution in [3.63, 3.8) is 0 Å². The van der Waals surface area contributed by atoms with Crippen LogP contribution in [-0.4, -0.2) is 42.8 Å². The van der Waals surface area contributed by atoms with Crippen molar-refractivity contribution in [1.82, 2.24) is 4.90 Å². The van der Waals surface area contributed by atoms with E-state index >= 15 is 0 Å². The largest absolute Gasteiger partial charge is 0.443 e. The van der Waals surface area contributed by atoms with Gasteiger partial charge < -0.3 is 4.74 Å². The van der Waals surface area contributed by atoms with Crippen molar-refractivity contribution in [2.24, 2.45) is 0 Å². The molecule has 4 nitrogen and oxygen atoms in total. The van der Waals surface area contributed by atoms with E-state index < -0.39 is 17.8 Å². The molecule has 0 radical (unpaired) electrons. The molecule has 4 rings (SSSR count). The fraction of sp³-hybridized carbons (Fsp3) is 0.435. The number of alkyl halides is 3. The molecule has 0 aliphatic carbocycles. The van der Waals surface area contributed by atoms with Gasteiger partial charge in [-0.25, -0.2) is 4.79 Å². The van der Waals surface area contributed by atoms with Crippen LogP contribution in [-0.2, 0) is 17.3 Å². The number of benzene rings is 2. The lowest BCUT2D eigenvalue weighted by Gasteiger charge is -2.36. The van der Waals surface area contributed by atoms with E-state index in [2.05, 4.69) is 17.0 Å². The summed E-state index contributed by atoms with van der Waals surface area (Å²) >= 11 is 0. The molecule has 0 bridgehead atoms. The van der Waals surface area contributed by atoms with Gasteiger partial charge in [0.15, 0.2) is 0 Å². The number of rotatable bonds is 5. The second kappa shape index (κ2) is 8.68. The van der Waals surface area contributed by atoms with Gasteiger partial charge in [-0.05, 0) is 49.6 Å². The molecule has 2 fully saturated rings. The van der Waals surface area contributed by atoms with Crippen LogP contribution in [0.15, 0.2) is 54.6 Å². The predicted molar refractivity (Wildman–Crippen MR) is 108 cm³/mol. The minimum Gasteiger partial charge on any atom is -0.443 e. The lowest BCUT2D eigenvalue weighted by Crippen LogP contribution is -2.45. The van der Waals surface area contributed by atoms with Crippen molar-refractivity contribution >= 4 is 11.8 Å². The Labute approximate surface area is 174 Å². The SMILES string of the molecule is O=C1OC(CN2CCCCC2Cc2ccccc2)CN1c1cccc(C(F)(F)F)c1. The standard InChI is InChI=1S/C23H25F3N2O2/c24-23(25,26)18-9-6-11-20(14-18)28-16-21(30-22(28)29)15-27-12-5-4-10-19(27)13-17-7-2-1-3-8-17/h1-3,6-9,11,14,19,21H,4-5,10,12-13,15-16H2. The molecular weight excluding hydrogens is 393 g/mol. The predicted octanol–water partition coefficient (Wildman–Crippen LogP) is 5.13. The van der Waals surface area contributed by atoms with Crippen LogP contribution >= 0.6 is 0 Å². The van der Waals surface area contributed by atoms with Crippen LogP contribution in [0.5, 0.6) is 0 Å². The molecule has 0 saturated carbocycles. The number of likely N-dealkylation sites (tertiary alicyclic amines) is 1. The molecule has 2 aliphatic rings. The normalized spacial score (nSPS) is 22.9. The summed E-state index contributed by atoms with van der Waals surface area (Å²) in [7, 11) is 0. The third-order valence-electron chi connectivity index (χ3n) is 5.86. The summed E-state index contributed by atoms with van der Waals surface area (Å²) in [5.41, 5.74) is 0.732. The van der Waals surface area contributed by atoms with Gasteiger partial charge >= 0.3 is 12.3 Å². The molecular formula is C23H25F3N2O2. The average molecular weight is 418 g/mol. The first-order valence-corrected chi connectivity index (χ1v) is 10.3. The molecule has 0 aromatic heterocycles. The van der Waals surface area contributed by atoms with Gasteiger partial charge in [0.2, 0.25) is 0 Å². The minimum absolute atomic E-state index is 0.219. The molecule has 7 heteroatoms. The molecule has 2 aromatic rings. The zero-order valence-corrected chi connectivity index (χ0v) is 16.6. The second-order valence-corrected chi connectivity index (χ2v) is 8.00. The van der Waals surface area contributed by atoms with E-state index in [0.717, 1.165) is 37.9 Å². The number of anilines is 1. The first-order valence-electron chi connectivity index (χ1n) is 10.3. The third-order valence-corrected chi connectivity index (χ3v) is 5.86. The summed E-state index contributed by atoms with van der Waals surface area (Å²) in [5, 5.41) is 0. The van der Waals surface area contributed by atoms with Crippen LogP contribution in [0.3, 0.4) is 0 Å². The number of nitrogens with zero attached hydrogens (tertiary/aromatic N) is 2. The first kappa shape index (κ1) is 20.7. The van der Waals surface area contributed by atoms with Gasteiger partial charge in [-0.1, -0.05) is 42.8 Å². The zero-order chi connectivity index (χ0) is 21.1. The Kier molecular flexibility index (Phi) is 5.99.